The molecule has 0 aliphatic carbocycles. The van der Waals surface area contributed by atoms with E-state index in [4.69, 9.17) is 0 Å². The van der Waals surface area contributed by atoms with Gasteiger partial charge in [0.15, 0.2) is 0 Å². The standard InChI is InChI=1S/C7H12BrN/c8-7-5-6-1-3-9(7)4-2-6/h6-7H,1-5H2. The van der Waals surface area contributed by atoms with Crippen molar-refractivity contribution in [1.82, 2.24) is 4.90 Å². The topological polar surface area (TPSA) is 3.24 Å². The van der Waals surface area contributed by atoms with E-state index in [1.807, 2.05) is 0 Å². The van der Waals surface area contributed by atoms with Crippen LogP contribution in [-0.4, -0.2) is 22.9 Å². The molecule has 1 unspecified atom stereocenters. The number of hydrogen-bond donors (Lipinski definition) is 0. The van der Waals surface area contributed by atoms with Crippen LogP contribution >= 0.6 is 15.9 Å². The van der Waals surface area contributed by atoms with Gasteiger partial charge in [-0.15, -0.1) is 0 Å². The van der Waals surface area contributed by atoms with Gasteiger partial charge < -0.3 is 0 Å². The number of fused-ring (bicyclic) bond motifs is 3. The highest BCUT2D eigenvalue weighted by molar-refractivity contribution is 9.09. The van der Waals surface area contributed by atoms with Crippen LogP contribution in [0.1, 0.15) is 19.3 Å². The summed E-state index contributed by atoms with van der Waals surface area (Å²) in [6.45, 7) is 2.67. The zero-order valence-corrected chi connectivity index (χ0v) is 7.10. The molecule has 1 atom stereocenters. The fraction of sp³-hybridized carbons (Fsp3) is 1.00. The molecular formula is C7H12BrN. The van der Waals surface area contributed by atoms with Crippen molar-refractivity contribution < 1.29 is 0 Å². The molecule has 0 amide bonds. The second kappa shape index (κ2) is 2.24. The lowest BCUT2D eigenvalue weighted by Crippen LogP contribution is -2.45. The van der Waals surface area contributed by atoms with Crippen molar-refractivity contribution in [2.24, 2.45) is 5.92 Å². The van der Waals surface area contributed by atoms with Crippen molar-refractivity contribution >= 4 is 15.9 Å². The minimum atomic E-state index is 0.713. The number of hydrogen-bond acceptors (Lipinski definition) is 1. The zero-order chi connectivity index (χ0) is 6.27. The molecule has 3 aliphatic rings. The van der Waals surface area contributed by atoms with Crippen LogP contribution < -0.4 is 0 Å². The maximum Gasteiger partial charge on any atom is 0.0658 e. The molecular weight excluding hydrogens is 178 g/mol. The Morgan fingerprint density at radius 1 is 1.22 bits per heavy atom. The first-order valence-corrected chi connectivity index (χ1v) is 4.66. The summed E-state index contributed by atoms with van der Waals surface area (Å²) >= 11 is 3.67. The van der Waals surface area contributed by atoms with E-state index in [9.17, 15) is 0 Å². The summed E-state index contributed by atoms with van der Waals surface area (Å²) in [5.74, 6) is 1.04. The highest BCUT2D eigenvalue weighted by Gasteiger charge is 2.31. The normalized spacial score (nSPS) is 49.7. The Balaban J connectivity index is 2.06. The predicted octanol–water partition coefficient (Wildman–Crippen LogP) is 1.82. The molecule has 2 heteroatoms. The molecule has 0 saturated carbocycles. The Morgan fingerprint density at radius 2 is 1.89 bits per heavy atom. The number of piperidine rings is 3. The fourth-order valence-electron chi connectivity index (χ4n) is 1.89. The monoisotopic (exact) mass is 189 g/mol. The quantitative estimate of drug-likeness (QED) is 0.416. The van der Waals surface area contributed by atoms with E-state index in [0.29, 0.717) is 4.95 Å². The highest BCUT2D eigenvalue weighted by atomic mass is 79.9. The first kappa shape index (κ1) is 6.17. The molecule has 0 spiro atoms. The van der Waals surface area contributed by atoms with E-state index < -0.39 is 0 Å². The maximum atomic E-state index is 3.67. The fourth-order valence-corrected chi connectivity index (χ4v) is 2.83. The Hall–Kier alpha value is 0.440. The minimum Gasteiger partial charge on any atom is -0.291 e. The molecule has 2 bridgehead atoms. The maximum absolute atomic E-state index is 3.67. The van der Waals surface area contributed by atoms with Crippen LogP contribution in [0.15, 0.2) is 0 Å². The number of rotatable bonds is 0. The number of alkyl halides is 1. The van der Waals surface area contributed by atoms with Crippen LogP contribution in [0.5, 0.6) is 0 Å². The Labute approximate surface area is 64.5 Å². The Bertz CT molecular complexity index is 107. The van der Waals surface area contributed by atoms with Crippen LogP contribution in [0.2, 0.25) is 0 Å². The zero-order valence-electron chi connectivity index (χ0n) is 5.52. The molecule has 3 saturated heterocycles. The van der Waals surface area contributed by atoms with Gasteiger partial charge >= 0.3 is 0 Å². The Kier molecular flexibility index (Phi) is 1.54. The van der Waals surface area contributed by atoms with Crippen molar-refractivity contribution in [3.8, 4) is 0 Å². The largest absolute Gasteiger partial charge is 0.291 e. The molecule has 0 aromatic rings. The second-order valence-electron chi connectivity index (χ2n) is 3.15. The van der Waals surface area contributed by atoms with E-state index in [-0.39, 0.29) is 0 Å². The van der Waals surface area contributed by atoms with Crippen LogP contribution in [0.4, 0.5) is 0 Å². The SMILES string of the molecule is BrC1CC2CCN1CC2. The lowest BCUT2D eigenvalue weighted by atomic mass is 9.88. The smallest absolute Gasteiger partial charge is 0.0658 e. The van der Waals surface area contributed by atoms with Crippen molar-refractivity contribution in [1.29, 1.82) is 0 Å². The van der Waals surface area contributed by atoms with Crippen molar-refractivity contribution in [3.63, 3.8) is 0 Å². The third-order valence-electron chi connectivity index (χ3n) is 2.57. The van der Waals surface area contributed by atoms with Gasteiger partial charge in [-0.1, -0.05) is 15.9 Å². The summed E-state index contributed by atoms with van der Waals surface area (Å²) in [7, 11) is 0. The summed E-state index contributed by atoms with van der Waals surface area (Å²) in [5.41, 5.74) is 0. The van der Waals surface area contributed by atoms with Crippen LogP contribution in [0.25, 0.3) is 0 Å². The summed E-state index contributed by atoms with van der Waals surface area (Å²) in [6.07, 6.45) is 4.28. The lowest BCUT2D eigenvalue weighted by molar-refractivity contribution is 0.0969. The summed E-state index contributed by atoms with van der Waals surface area (Å²) in [6, 6.07) is 0. The van der Waals surface area contributed by atoms with Crippen LogP contribution in [0.3, 0.4) is 0 Å². The molecule has 0 radical (unpaired) electrons. The highest BCUT2D eigenvalue weighted by Crippen LogP contribution is 2.33. The van der Waals surface area contributed by atoms with Crippen LogP contribution in [-0.2, 0) is 0 Å². The molecule has 3 aliphatic heterocycles. The third-order valence-corrected chi connectivity index (χ3v) is 3.53. The van der Waals surface area contributed by atoms with Gasteiger partial charge in [0, 0.05) is 0 Å². The van der Waals surface area contributed by atoms with Crippen LogP contribution in [0, 0.1) is 5.92 Å². The minimum absolute atomic E-state index is 0.713. The molecule has 52 valence electrons. The average molecular weight is 190 g/mol. The molecule has 3 heterocycles. The van der Waals surface area contributed by atoms with E-state index in [1.54, 1.807) is 0 Å². The average Bonchev–Trinajstić information content (AvgIpc) is 1.90. The molecule has 3 fully saturated rings. The van der Waals surface area contributed by atoms with Gasteiger partial charge in [-0.2, -0.15) is 0 Å². The molecule has 3 rings (SSSR count). The molecule has 1 nitrogen and oxygen atoms in total. The van der Waals surface area contributed by atoms with Gasteiger partial charge in [0.25, 0.3) is 0 Å². The van der Waals surface area contributed by atoms with Gasteiger partial charge in [0.1, 0.15) is 0 Å². The van der Waals surface area contributed by atoms with Gasteiger partial charge in [-0.05, 0) is 38.3 Å². The van der Waals surface area contributed by atoms with Crippen molar-refractivity contribution in [2.75, 3.05) is 13.1 Å². The van der Waals surface area contributed by atoms with Gasteiger partial charge in [-0.3, -0.25) is 4.90 Å². The summed E-state index contributed by atoms with van der Waals surface area (Å²) in [4.78, 5) is 3.25. The van der Waals surface area contributed by atoms with Crippen molar-refractivity contribution in [3.05, 3.63) is 0 Å². The van der Waals surface area contributed by atoms with Gasteiger partial charge in [0.05, 0.1) is 4.95 Å². The number of nitrogens with zero attached hydrogens (tertiary/aromatic N) is 1. The first-order valence-electron chi connectivity index (χ1n) is 3.74. The molecule has 0 aromatic heterocycles. The third kappa shape index (κ3) is 1.03. The van der Waals surface area contributed by atoms with Gasteiger partial charge in [0.2, 0.25) is 0 Å². The van der Waals surface area contributed by atoms with E-state index in [1.165, 1.54) is 32.4 Å². The second-order valence-corrected chi connectivity index (χ2v) is 4.21. The first-order chi connectivity index (χ1) is 4.36. The Morgan fingerprint density at radius 3 is 2.11 bits per heavy atom. The molecule has 9 heavy (non-hydrogen) atoms. The van der Waals surface area contributed by atoms with E-state index >= 15 is 0 Å². The predicted molar refractivity (Wildman–Crippen MR) is 41.6 cm³/mol. The molecule has 0 aromatic carbocycles. The summed E-state index contributed by atoms with van der Waals surface area (Å²) in [5, 5.41) is 0. The summed E-state index contributed by atoms with van der Waals surface area (Å²) < 4.78 is 0. The lowest BCUT2D eigenvalue weighted by Gasteiger charge is -2.42. The molecule has 0 N–H and O–H groups in total. The number of halogens is 1. The van der Waals surface area contributed by atoms with E-state index in [2.05, 4.69) is 20.8 Å². The van der Waals surface area contributed by atoms with Gasteiger partial charge in [-0.25, -0.2) is 0 Å². The van der Waals surface area contributed by atoms with E-state index in [0.717, 1.165) is 5.92 Å². The van der Waals surface area contributed by atoms with Crippen molar-refractivity contribution in [2.45, 2.75) is 24.2 Å².